The van der Waals surface area contributed by atoms with Crippen LogP contribution >= 0.6 is 35.3 Å². The predicted octanol–water partition coefficient (Wildman–Crippen LogP) is 4.21. The Labute approximate surface area is 157 Å². The number of carbonyl (C=O) groups is 1. The van der Waals surface area contributed by atoms with E-state index in [0.29, 0.717) is 28.2 Å². The van der Waals surface area contributed by atoms with Gasteiger partial charge >= 0.3 is 0 Å². The number of nitrogens with one attached hydrogen (secondary N) is 1. The molecule has 0 radical (unpaired) electrons. The monoisotopic (exact) mass is 389 g/mol. The van der Waals surface area contributed by atoms with Crippen molar-refractivity contribution in [3.05, 3.63) is 28.6 Å². The number of nitrogens with zero attached hydrogens (tertiary/aromatic N) is 1. The summed E-state index contributed by atoms with van der Waals surface area (Å²) in [6, 6.07) is 4.91. The van der Waals surface area contributed by atoms with Crippen molar-refractivity contribution in [3.63, 3.8) is 0 Å². The van der Waals surface area contributed by atoms with Crippen molar-refractivity contribution in [2.45, 2.75) is 26.3 Å². The van der Waals surface area contributed by atoms with Gasteiger partial charge in [-0.05, 0) is 30.5 Å². The molecule has 0 unspecified atom stereocenters. The quantitative estimate of drug-likeness (QED) is 0.775. The Morgan fingerprint density at radius 1 is 1.46 bits per heavy atom. The van der Waals surface area contributed by atoms with Gasteiger partial charge in [0.15, 0.2) is 5.13 Å². The van der Waals surface area contributed by atoms with Crippen LogP contribution in [0.1, 0.15) is 20.3 Å². The summed E-state index contributed by atoms with van der Waals surface area (Å²) < 4.78 is 5.13. The SMILES string of the molecule is COc1ccc(-c2csc(NC(=O)[C@@H](N)CC(C)C)n2)cc1Cl.Cl. The molecule has 0 saturated heterocycles. The summed E-state index contributed by atoms with van der Waals surface area (Å²) in [7, 11) is 1.57. The molecule has 0 fully saturated rings. The normalized spacial score (nSPS) is 11.8. The first-order chi connectivity index (χ1) is 10.9. The Balaban J connectivity index is 0.00000288. The highest BCUT2D eigenvalue weighted by Gasteiger charge is 2.17. The maximum atomic E-state index is 12.0. The van der Waals surface area contributed by atoms with Gasteiger partial charge in [0.25, 0.3) is 0 Å². The minimum atomic E-state index is -0.530. The van der Waals surface area contributed by atoms with Crippen LogP contribution in [0.5, 0.6) is 5.75 Å². The molecule has 0 aliphatic rings. The van der Waals surface area contributed by atoms with E-state index < -0.39 is 6.04 Å². The number of benzene rings is 1. The number of ether oxygens (including phenoxy) is 1. The minimum absolute atomic E-state index is 0. The second-order valence-corrected chi connectivity index (χ2v) is 6.88. The lowest BCUT2D eigenvalue weighted by molar-refractivity contribution is -0.117. The van der Waals surface area contributed by atoms with Gasteiger partial charge < -0.3 is 15.8 Å². The van der Waals surface area contributed by atoms with E-state index in [1.807, 2.05) is 25.3 Å². The highest BCUT2D eigenvalue weighted by molar-refractivity contribution is 7.14. The first kappa shape index (κ1) is 20.7. The van der Waals surface area contributed by atoms with Crippen molar-refractivity contribution in [2.24, 2.45) is 11.7 Å². The zero-order valence-corrected chi connectivity index (χ0v) is 16.1. The molecule has 1 aromatic carbocycles. The second kappa shape index (κ2) is 9.22. The summed E-state index contributed by atoms with van der Waals surface area (Å²) in [6.07, 6.45) is 0.637. The number of carbonyl (C=O) groups excluding carboxylic acids is 1. The van der Waals surface area contributed by atoms with Crippen LogP contribution in [-0.4, -0.2) is 24.0 Å². The fourth-order valence-electron chi connectivity index (χ4n) is 2.10. The standard InChI is InChI=1S/C16H20ClN3O2S.ClH/c1-9(2)6-12(18)15(21)20-16-19-13(8-23-16)10-4-5-14(22-3)11(17)7-10;/h4-5,7-9,12H,6,18H2,1-3H3,(H,19,20,21);1H/t12-;/m0./s1. The molecule has 8 heteroatoms. The first-order valence-corrected chi connectivity index (χ1v) is 8.52. The van der Waals surface area contributed by atoms with Gasteiger partial charge in [0.05, 0.1) is 23.9 Å². The van der Waals surface area contributed by atoms with Gasteiger partial charge in [-0.3, -0.25) is 4.79 Å². The summed E-state index contributed by atoms with van der Waals surface area (Å²) >= 11 is 7.48. The van der Waals surface area contributed by atoms with E-state index in [1.165, 1.54) is 11.3 Å². The summed E-state index contributed by atoms with van der Waals surface area (Å²) in [5.74, 6) is 0.759. The van der Waals surface area contributed by atoms with Crippen molar-refractivity contribution in [2.75, 3.05) is 12.4 Å². The number of hydrogen-bond donors (Lipinski definition) is 2. The molecular weight excluding hydrogens is 369 g/mol. The summed E-state index contributed by atoms with van der Waals surface area (Å²) in [5.41, 5.74) is 7.47. The van der Waals surface area contributed by atoms with Crippen molar-refractivity contribution < 1.29 is 9.53 Å². The number of methoxy groups -OCH3 is 1. The summed E-state index contributed by atoms with van der Waals surface area (Å²) in [4.78, 5) is 16.4. The third-order valence-corrected chi connectivity index (χ3v) is 4.30. The fraction of sp³-hybridized carbons (Fsp3) is 0.375. The number of halogens is 2. The predicted molar refractivity (Wildman–Crippen MR) is 102 cm³/mol. The molecule has 5 nitrogen and oxygen atoms in total. The molecule has 0 aliphatic carbocycles. The molecule has 24 heavy (non-hydrogen) atoms. The van der Waals surface area contributed by atoms with Crippen LogP contribution < -0.4 is 15.8 Å². The van der Waals surface area contributed by atoms with Crippen LogP contribution in [0.25, 0.3) is 11.3 Å². The number of thiazole rings is 1. The Bertz CT molecular complexity index is 692. The smallest absolute Gasteiger partial charge is 0.243 e. The fourth-order valence-corrected chi connectivity index (χ4v) is 3.08. The van der Waals surface area contributed by atoms with E-state index in [0.717, 1.165) is 11.3 Å². The Morgan fingerprint density at radius 3 is 2.75 bits per heavy atom. The van der Waals surface area contributed by atoms with Crippen LogP contribution in [0.15, 0.2) is 23.6 Å². The number of amides is 1. The highest BCUT2D eigenvalue weighted by Crippen LogP contribution is 2.31. The number of aromatic nitrogens is 1. The third kappa shape index (κ3) is 5.34. The van der Waals surface area contributed by atoms with Gasteiger partial charge in [-0.25, -0.2) is 4.98 Å². The lowest BCUT2D eigenvalue weighted by Crippen LogP contribution is -2.36. The van der Waals surface area contributed by atoms with Crippen LogP contribution in [0.4, 0.5) is 5.13 Å². The molecule has 132 valence electrons. The van der Waals surface area contributed by atoms with Crippen molar-refractivity contribution in [3.8, 4) is 17.0 Å². The average Bonchev–Trinajstić information content (AvgIpc) is 2.94. The zero-order valence-electron chi connectivity index (χ0n) is 13.7. The van der Waals surface area contributed by atoms with Crippen LogP contribution in [0.3, 0.4) is 0 Å². The summed E-state index contributed by atoms with van der Waals surface area (Å²) in [5, 5.41) is 5.66. The molecular formula is C16H21Cl2N3O2S. The Morgan fingerprint density at radius 2 is 2.17 bits per heavy atom. The van der Waals surface area contributed by atoms with E-state index in [9.17, 15) is 4.79 Å². The largest absolute Gasteiger partial charge is 0.495 e. The van der Waals surface area contributed by atoms with Crippen LogP contribution in [0, 0.1) is 5.92 Å². The summed E-state index contributed by atoms with van der Waals surface area (Å²) in [6.45, 7) is 4.06. The van der Waals surface area contributed by atoms with Crippen molar-refractivity contribution in [1.29, 1.82) is 0 Å². The second-order valence-electron chi connectivity index (χ2n) is 5.61. The lowest BCUT2D eigenvalue weighted by atomic mass is 10.0. The molecule has 3 N–H and O–H groups in total. The molecule has 1 amide bonds. The first-order valence-electron chi connectivity index (χ1n) is 7.26. The lowest BCUT2D eigenvalue weighted by Gasteiger charge is -2.12. The molecule has 1 aromatic heterocycles. The third-order valence-electron chi connectivity index (χ3n) is 3.24. The maximum absolute atomic E-state index is 12.0. The molecule has 0 bridgehead atoms. The number of rotatable bonds is 6. The van der Waals surface area contributed by atoms with E-state index in [2.05, 4.69) is 10.3 Å². The molecule has 0 aliphatic heterocycles. The van der Waals surface area contributed by atoms with Gasteiger partial charge in [-0.2, -0.15) is 0 Å². The van der Waals surface area contributed by atoms with E-state index in [4.69, 9.17) is 22.1 Å². The number of nitrogens with two attached hydrogens (primary N) is 1. The Kier molecular flexibility index (Phi) is 7.96. The average molecular weight is 390 g/mol. The highest BCUT2D eigenvalue weighted by atomic mass is 35.5. The van der Waals surface area contributed by atoms with Crippen LogP contribution in [-0.2, 0) is 4.79 Å². The molecule has 0 saturated carbocycles. The molecule has 2 rings (SSSR count). The number of anilines is 1. The van der Waals surface area contributed by atoms with Gasteiger partial charge in [0, 0.05) is 10.9 Å². The Hall–Kier alpha value is -1.34. The van der Waals surface area contributed by atoms with E-state index >= 15 is 0 Å². The minimum Gasteiger partial charge on any atom is -0.495 e. The van der Waals surface area contributed by atoms with Gasteiger partial charge in [0.1, 0.15) is 5.75 Å². The number of hydrogen-bond acceptors (Lipinski definition) is 5. The maximum Gasteiger partial charge on any atom is 0.243 e. The van der Waals surface area contributed by atoms with Gasteiger partial charge in [0.2, 0.25) is 5.91 Å². The zero-order chi connectivity index (χ0) is 17.0. The molecule has 1 atom stereocenters. The van der Waals surface area contributed by atoms with Gasteiger partial charge in [-0.15, -0.1) is 23.7 Å². The van der Waals surface area contributed by atoms with Crippen LogP contribution in [0.2, 0.25) is 5.02 Å². The topological polar surface area (TPSA) is 77.2 Å². The molecule has 1 heterocycles. The molecule has 0 spiro atoms. The molecule has 2 aromatic rings. The van der Waals surface area contributed by atoms with E-state index in [1.54, 1.807) is 19.2 Å². The van der Waals surface area contributed by atoms with Gasteiger partial charge in [-0.1, -0.05) is 25.4 Å². The van der Waals surface area contributed by atoms with E-state index in [-0.39, 0.29) is 18.3 Å². The van der Waals surface area contributed by atoms with Crippen molar-refractivity contribution in [1.82, 2.24) is 4.98 Å². The van der Waals surface area contributed by atoms with Crippen molar-refractivity contribution >= 4 is 46.4 Å².